The summed E-state index contributed by atoms with van der Waals surface area (Å²) in [6.45, 7) is 11.7. The normalized spacial score (nSPS) is 31.0. The van der Waals surface area contributed by atoms with E-state index >= 15 is 0 Å². The van der Waals surface area contributed by atoms with Crippen LogP contribution in [0, 0.1) is 5.41 Å². The van der Waals surface area contributed by atoms with Crippen molar-refractivity contribution in [3.8, 4) is 0 Å². The maximum Gasteiger partial charge on any atom is 0.0211 e. The quantitative estimate of drug-likeness (QED) is 0.586. The Morgan fingerprint density at radius 2 is 1.65 bits per heavy atom. The molecule has 0 amide bonds. The van der Waals surface area contributed by atoms with E-state index in [-0.39, 0.29) is 5.41 Å². The van der Waals surface area contributed by atoms with Gasteiger partial charge in [-0.15, -0.1) is 0 Å². The third-order valence-corrected chi connectivity index (χ3v) is 5.36. The predicted molar refractivity (Wildman–Crippen MR) is 73.9 cm³/mol. The van der Waals surface area contributed by atoms with E-state index < -0.39 is 0 Å². The van der Waals surface area contributed by atoms with Crippen LogP contribution in [0.3, 0.4) is 0 Å². The van der Waals surface area contributed by atoms with Crippen molar-refractivity contribution in [2.24, 2.45) is 5.41 Å². The number of rotatable bonds is 0. The van der Waals surface area contributed by atoms with Crippen molar-refractivity contribution < 1.29 is 0 Å². The predicted octanol–water partition coefficient (Wildman–Crippen LogP) is 4.93. The molecule has 0 saturated carbocycles. The van der Waals surface area contributed by atoms with Crippen molar-refractivity contribution in [1.29, 1.82) is 0 Å². The molecule has 0 aromatic heterocycles. The van der Waals surface area contributed by atoms with Crippen LogP contribution in [0.25, 0.3) is 5.57 Å². The number of benzene rings is 1. The van der Waals surface area contributed by atoms with Gasteiger partial charge in [0.15, 0.2) is 0 Å². The van der Waals surface area contributed by atoms with Crippen molar-refractivity contribution in [3.05, 3.63) is 52.1 Å². The first kappa shape index (κ1) is 10.8. The lowest BCUT2D eigenvalue weighted by Gasteiger charge is -2.30. The van der Waals surface area contributed by atoms with Crippen LogP contribution in [0.15, 0.2) is 41.0 Å². The third kappa shape index (κ3) is 1.04. The van der Waals surface area contributed by atoms with Gasteiger partial charge in [-0.1, -0.05) is 43.7 Å². The zero-order chi connectivity index (χ0) is 12.4. The fourth-order valence-corrected chi connectivity index (χ4v) is 3.87. The molecule has 88 valence electrons. The van der Waals surface area contributed by atoms with E-state index in [1.807, 2.05) is 0 Å². The summed E-state index contributed by atoms with van der Waals surface area (Å²) in [6, 6.07) is 8.93. The summed E-state index contributed by atoms with van der Waals surface area (Å²) < 4.78 is 0. The minimum atomic E-state index is 0.234. The fourth-order valence-electron chi connectivity index (χ4n) is 3.87. The summed E-state index contributed by atoms with van der Waals surface area (Å²) in [5, 5.41) is 0. The fraction of sp³-hybridized carbons (Fsp3) is 0.412. The topological polar surface area (TPSA) is 0 Å². The molecule has 0 fully saturated rings. The van der Waals surface area contributed by atoms with E-state index in [1.54, 1.807) is 11.1 Å². The van der Waals surface area contributed by atoms with Crippen molar-refractivity contribution in [1.82, 2.24) is 0 Å². The molecule has 0 saturated heterocycles. The van der Waals surface area contributed by atoms with Gasteiger partial charge in [0.05, 0.1) is 0 Å². The molecule has 0 heterocycles. The third-order valence-electron chi connectivity index (χ3n) is 5.36. The highest BCUT2D eigenvalue weighted by Gasteiger charge is 2.49. The van der Waals surface area contributed by atoms with Gasteiger partial charge >= 0.3 is 0 Å². The Balaban J connectivity index is 2.37. The molecular weight excluding hydrogens is 204 g/mol. The van der Waals surface area contributed by atoms with E-state index in [2.05, 4.69) is 58.9 Å². The first-order valence-electron chi connectivity index (χ1n) is 6.48. The molecule has 0 heteroatoms. The number of allylic oxidation sites excluding steroid dienone is 4. The van der Waals surface area contributed by atoms with E-state index in [9.17, 15) is 0 Å². The summed E-state index contributed by atoms with van der Waals surface area (Å²) in [5.41, 5.74) is 9.39. The molecule has 1 aromatic rings. The van der Waals surface area contributed by atoms with Crippen LogP contribution in [0.2, 0.25) is 0 Å². The largest absolute Gasteiger partial charge is 0.0619 e. The molecule has 0 radical (unpaired) electrons. The highest BCUT2D eigenvalue weighted by molar-refractivity contribution is 5.88. The number of fused-ring (bicyclic) bond motifs is 3. The molecule has 17 heavy (non-hydrogen) atoms. The second-order valence-electron chi connectivity index (χ2n) is 5.76. The Kier molecular flexibility index (Phi) is 1.99. The average molecular weight is 224 g/mol. The standard InChI is InChI=1S/C17H20/c1-10-11(2)16-15-9-7-6-8-14(15)13(4)17(16,5)12(10)3/h6-9,13H,1-5H3/t13-,17-/m1/s1. The van der Waals surface area contributed by atoms with E-state index in [4.69, 9.17) is 0 Å². The molecule has 0 N–H and O–H groups in total. The van der Waals surface area contributed by atoms with Gasteiger partial charge in [0.2, 0.25) is 0 Å². The van der Waals surface area contributed by atoms with Gasteiger partial charge in [0.1, 0.15) is 0 Å². The van der Waals surface area contributed by atoms with Gasteiger partial charge in [-0.3, -0.25) is 0 Å². The van der Waals surface area contributed by atoms with Crippen LogP contribution in [-0.4, -0.2) is 0 Å². The van der Waals surface area contributed by atoms with Gasteiger partial charge in [-0.2, -0.15) is 0 Å². The lowest BCUT2D eigenvalue weighted by atomic mass is 9.73. The smallest absolute Gasteiger partial charge is 0.0211 e. The molecule has 0 nitrogen and oxygen atoms in total. The second kappa shape index (κ2) is 3.13. The first-order valence-corrected chi connectivity index (χ1v) is 6.48. The Morgan fingerprint density at radius 3 is 2.35 bits per heavy atom. The van der Waals surface area contributed by atoms with Gasteiger partial charge in [0, 0.05) is 5.41 Å². The molecular formula is C17H20. The van der Waals surface area contributed by atoms with E-state index in [0.29, 0.717) is 5.92 Å². The number of hydrogen-bond acceptors (Lipinski definition) is 0. The summed E-state index contributed by atoms with van der Waals surface area (Å²) in [5.74, 6) is 0.598. The molecule has 0 aliphatic heterocycles. The van der Waals surface area contributed by atoms with Crippen molar-refractivity contribution in [2.75, 3.05) is 0 Å². The molecule has 1 aromatic carbocycles. The van der Waals surface area contributed by atoms with Crippen LogP contribution in [-0.2, 0) is 0 Å². The SMILES string of the molecule is CC1=C(C)[C@@]2(C)C(=C1C)c1ccccc1[C@H]2C. The molecule has 0 bridgehead atoms. The zero-order valence-electron chi connectivity index (χ0n) is 11.4. The Bertz CT molecular complexity index is 571. The molecule has 2 aliphatic rings. The minimum Gasteiger partial charge on any atom is -0.0619 e. The molecule has 3 rings (SSSR count). The molecule has 0 unspecified atom stereocenters. The van der Waals surface area contributed by atoms with Gasteiger partial charge in [-0.05, 0) is 54.5 Å². The van der Waals surface area contributed by atoms with Gasteiger partial charge in [-0.25, -0.2) is 0 Å². The molecule has 0 spiro atoms. The minimum absolute atomic E-state index is 0.234. The molecule has 2 aliphatic carbocycles. The van der Waals surface area contributed by atoms with Crippen LogP contribution < -0.4 is 0 Å². The van der Waals surface area contributed by atoms with Crippen LogP contribution in [0.5, 0.6) is 0 Å². The highest BCUT2D eigenvalue weighted by atomic mass is 14.5. The lowest BCUT2D eigenvalue weighted by molar-refractivity contribution is 0.467. The van der Waals surface area contributed by atoms with Crippen LogP contribution in [0.1, 0.15) is 51.7 Å². The van der Waals surface area contributed by atoms with Crippen LogP contribution >= 0.6 is 0 Å². The van der Waals surface area contributed by atoms with Crippen molar-refractivity contribution in [3.63, 3.8) is 0 Å². The average Bonchev–Trinajstić information content (AvgIpc) is 2.66. The maximum atomic E-state index is 2.42. The lowest BCUT2D eigenvalue weighted by Crippen LogP contribution is -2.19. The Labute approximate surface area is 104 Å². The van der Waals surface area contributed by atoms with Crippen LogP contribution in [0.4, 0.5) is 0 Å². The van der Waals surface area contributed by atoms with Gasteiger partial charge < -0.3 is 0 Å². The highest BCUT2D eigenvalue weighted by Crippen LogP contribution is 2.63. The first-order chi connectivity index (χ1) is 7.99. The second-order valence-corrected chi connectivity index (χ2v) is 5.76. The monoisotopic (exact) mass is 224 g/mol. The summed E-state index contributed by atoms with van der Waals surface area (Å²) in [7, 11) is 0. The molecule has 2 atom stereocenters. The van der Waals surface area contributed by atoms with Gasteiger partial charge in [0.25, 0.3) is 0 Å². The van der Waals surface area contributed by atoms with E-state index in [1.165, 1.54) is 22.3 Å². The Hall–Kier alpha value is -1.30. The van der Waals surface area contributed by atoms with Crippen molar-refractivity contribution in [2.45, 2.75) is 40.5 Å². The summed E-state index contributed by atoms with van der Waals surface area (Å²) in [6.07, 6.45) is 0. The maximum absolute atomic E-state index is 2.42. The zero-order valence-corrected chi connectivity index (χ0v) is 11.4. The van der Waals surface area contributed by atoms with Crippen molar-refractivity contribution >= 4 is 5.57 Å². The van der Waals surface area contributed by atoms with E-state index in [0.717, 1.165) is 0 Å². The Morgan fingerprint density at radius 1 is 1.00 bits per heavy atom. The number of hydrogen-bond donors (Lipinski definition) is 0. The summed E-state index contributed by atoms with van der Waals surface area (Å²) in [4.78, 5) is 0. The summed E-state index contributed by atoms with van der Waals surface area (Å²) >= 11 is 0.